The van der Waals surface area contributed by atoms with Gasteiger partial charge in [-0.15, -0.1) is 0 Å². The van der Waals surface area contributed by atoms with Gasteiger partial charge in [0.05, 0.1) is 0 Å². The average molecular weight is 261 g/mol. The quantitative estimate of drug-likeness (QED) is 0.778. The number of phenolic OH excluding ortho intramolecular Hbond substituents is 2. The predicted molar refractivity (Wildman–Crippen MR) is 68.9 cm³/mol. The lowest BCUT2D eigenvalue weighted by Crippen LogP contribution is -2.13. The molecular formula is C14H12FNO3. The molecule has 3 N–H and O–H groups in total. The monoisotopic (exact) mass is 261 g/mol. The number of aromatic hydroxyl groups is 2. The van der Waals surface area contributed by atoms with Crippen LogP contribution in [0.1, 0.15) is 15.9 Å². The fraction of sp³-hybridized carbons (Fsp3) is 0.0714. The Kier molecular flexibility index (Phi) is 3.37. The van der Waals surface area contributed by atoms with Crippen molar-refractivity contribution in [2.45, 2.75) is 6.92 Å². The maximum absolute atomic E-state index is 12.9. The summed E-state index contributed by atoms with van der Waals surface area (Å²) in [7, 11) is 0. The number of anilines is 1. The van der Waals surface area contributed by atoms with Crippen molar-refractivity contribution >= 4 is 11.6 Å². The van der Waals surface area contributed by atoms with E-state index in [2.05, 4.69) is 5.32 Å². The van der Waals surface area contributed by atoms with Gasteiger partial charge in [-0.1, -0.05) is 6.07 Å². The molecule has 2 rings (SSSR count). The van der Waals surface area contributed by atoms with Crippen molar-refractivity contribution in [2.24, 2.45) is 0 Å². The zero-order valence-electron chi connectivity index (χ0n) is 10.1. The Balaban J connectivity index is 2.31. The summed E-state index contributed by atoms with van der Waals surface area (Å²) >= 11 is 0. The van der Waals surface area contributed by atoms with E-state index in [1.165, 1.54) is 36.4 Å². The first kappa shape index (κ1) is 12.9. The van der Waals surface area contributed by atoms with Crippen LogP contribution in [-0.2, 0) is 0 Å². The zero-order chi connectivity index (χ0) is 14.0. The van der Waals surface area contributed by atoms with Crippen molar-refractivity contribution in [1.29, 1.82) is 0 Å². The van der Waals surface area contributed by atoms with Crippen molar-refractivity contribution in [3.8, 4) is 11.5 Å². The molecule has 2 aromatic rings. The molecule has 0 saturated carbocycles. The number of carbonyl (C=O) groups is 1. The molecule has 0 saturated heterocycles. The van der Waals surface area contributed by atoms with Crippen LogP contribution < -0.4 is 5.32 Å². The number of aryl methyl sites for hydroxylation is 1. The maximum Gasteiger partial charge on any atom is 0.263 e. The van der Waals surface area contributed by atoms with E-state index in [1.54, 1.807) is 6.92 Å². The maximum atomic E-state index is 12.9. The third-order valence-electron chi connectivity index (χ3n) is 2.68. The smallest absolute Gasteiger partial charge is 0.263 e. The third-order valence-corrected chi connectivity index (χ3v) is 2.68. The number of halogens is 1. The Morgan fingerprint density at radius 3 is 2.37 bits per heavy atom. The molecule has 0 unspecified atom stereocenters. The third kappa shape index (κ3) is 2.65. The van der Waals surface area contributed by atoms with Gasteiger partial charge in [0.15, 0.2) is 0 Å². The molecule has 0 heterocycles. The number of hydrogen-bond acceptors (Lipinski definition) is 3. The molecule has 4 nitrogen and oxygen atoms in total. The number of phenols is 2. The Morgan fingerprint density at radius 1 is 1.16 bits per heavy atom. The molecule has 2 aromatic carbocycles. The fourth-order valence-electron chi connectivity index (χ4n) is 1.71. The van der Waals surface area contributed by atoms with E-state index in [0.717, 1.165) is 0 Å². The van der Waals surface area contributed by atoms with Crippen molar-refractivity contribution in [3.05, 3.63) is 53.3 Å². The molecule has 0 atom stereocenters. The number of nitrogens with one attached hydrogen (secondary N) is 1. The van der Waals surface area contributed by atoms with E-state index in [4.69, 9.17) is 0 Å². The van der Waals surface area contributed by atoms with Crippen LogP contribution in [0.4, 0.5) is 10.1 Å². The molecule has 19 heavy (non-hydrogen) atoms. The number of benzene rings is 2. The van der Waals surface area contributed by atoms with Gasteiger partial charge in [-0.05, 0) is 42.8 Å². The molecule has 0 aliphatic carbocycles. The summed E-state index contributed by atoms with van der Waals surface area (Å²) in [5, 5.41) is 21.7. The van der Waals surface area contributed by atoms with E-state index in [1.807, 2.05) is 0 Å². The van der Waals surface area contributed by atoms with E-state index in [9.17, 15) is 19.4 Å². The molecule has 0 fully saturated rings. The second-order valence-electron chi connectivity index (χ2n) is 4.08. The van der Waals surface area contributed by atoms with Gasteiger partial charge in [-0.25, -0.2) is 4.39 Å². The minimum atomic E-state index is -0.662. The fourth-order valence-corrected chi connectivity index (χ4v) is 1.71. The van der Waals surface area contributed by atoms with E-state index < -0.39 is 11.7 Å². The van der Waals surface area contributed by atoms with Crippen molar-refractivity contribution in [3.63, 3.8) is 0 Å². The first-order valence-corrected chi connectivity index (χ1v) is 5.57. The topological polar surface area (TPSA) is 69.6 Å². The summed E-state index contributed by atoms with van der Waals surface area (Å²) in [6.45, 7) is 1.64. The van der Waals surface area contributed by atoms with Gasteiger partial charge in [0, 0.05) is 5.69 Å². The number of rotatable bonds is 2. The van der Waals surface area contributed by atoms with Crippen LogP contribution in [0.5, 0.6) is 11.5 Å². The Labute approximate surface area is 109 Å². The number of carbonyl (C=O) groups excluding carboxylic acids is 1. The Hall–Kier alpha value is -2.56. The molecule has 5 heteroatoms. The average Bonchev–Trinajstić information content (AvgIpc) is 2.32. The van der Waals surface area contributed by atoms with E-state index in [-0.39, 0.29) is 17.1 Å². The lowest BCUT2D eigenvalue weighted by Gasteiger charge is -2.10. The summed E-state index contributed by atoms with van der Waals surface area (Å²) in [6, 6.07) is 7.93. The molecule has 1 amide bonds. The van der Waals surface area contributed by atoms with E-state index >= 15 is 0 Å². The Bertz CT molecular complexity index is 620. The molecule has 98 valence electrons. The highest BCUT2D eigenvalue weighted by Crippen LogP contribution is 2.27. The normalized spacial score (nSPS) is 10.2. The highest BCUT2D eigenvalue weighted by molar-refractivity contribution is 6.08. The minimum absolute atomic E-state index is 0.216. The first-order chi connectivity index (χ1) is 8.99. The first-order valence-electron chi connectivity index (χ1n) is 5.57. The van der Waals surface area contributed by atoms with Crippen molar-refractivity contribution < 1.29 is 19.4 Å². The van der Waals surface area contributed by atoms with Gasteiger partial charge in [0.2, 0.25) is 0 Å². The summed E-state index contributed by atoms with van der Waals surface area (Å²) in [6.07, 6.45) is 0. The van der Waals surface area contributed by atoms with Crippen LogP contribution in [0, 0.1) is 12.7 Å². The molecule has 0 bridgehead atoms. The van der Waals surface area contributed by atoms with Gasteiger partial charge >= 0.3 is 0 Å². The molecule has 0 aliphatic rings. The van der Waals surface area contributed by atoms with Crippen LogP contribution in [0.3, 0.4) is 0 Å². The highest BCUT2D eigenvalue weighted by atomic mass is 19.1. The number of hydrogen-bond donors (Lipinski definition) is 3. The lowest BCUT2D eigenvalue weighted by atomic mass is 10.1. The zero-order valence-corrected chi connectivity index (χ0v) is 10.1. The molecule has 0 aromatic heterocycles. The van der Waals surface area contributed by atoms with Gasteiger partial charge in [-0.3, -0.25) is 4.79 Å². The lowest BCUT2D eigenvalue weighted by molar-refractivity contribution is 0.102. The van der Waals surface area contributed by atoms with Crippen molar-refractivity contribution in [1.82, 2.24) is 0 Å². The summed E-state index contributed by atoms with van der Waals surface area (Å²) in [4.78, 5) is 12.0. The van der Waals surface area contributed by atoms with Crippen molar-refractivity contribution in [2.75, 3.05) is 5.32 Å². The van der Waals surface area contributed by atoms with Gasteiger partial charge < -0.3 is 15.5 Å². The van der Waals surface area contributed by atoms with Crippen LogP contribution in [-0.4, -0.2) is 16.1 Å². The second-order valence-corrected chi connectivity index (χ2v) is 4.08. The minimum Gasteiger partial charge on any atom is -0.507 e. The van der Waals surface area contributed by atoms with E-state index in [0.29, 0.717) is 11.3 Å². The van der Waals surface area contributed by atoms with Crippen LogP contribution in [0.25, 0.3) is 0 Å². The molecule has 0 aliphatic heterocycles. The largest absolute Gasteiger partial charge is 0.507 e. The molecule has 0 radical (unpaired) electrons. The predicted octanol–water partition coefficient (Wildman–Crippen LogP) is 2.80. The second kappa shape index (κ2) is 4.97. The van der Waals surface area contributed by atoms with Gasteiger partial charge in [0.1, 0.15) is 22.9 Å². The number of amides is 1. The summed E-state index contributed by atoms with van der Waals surface area (Å²) < 4.78 is 12.9. The van der Waals surface area contributed by atoms with Gasteiger partial charge in [0.25, 0.3) is 5.91 Å². The Morgan fingerprint density at radius 2 is 1.79 bits per heavy atom. The van der Waals surface area contributed by atoms with Crippen LogP contribution >= 0.6 is 0 Å². The SMILES string of the molecule is Cc1cc(F)ccc1NC(=O)c1c(O)cccc1O. The van der Waals surface area contributed by atoms with Gasteiger partial charge in [-0.2, -0.15) is 0 Å². The standard InChI is InChI=1S/C14H12FNO3/c1-8-7-9(15)5-6-10(8)16-14(19)13-11(17)3-2-4-12(13)18/h2-7,17-18H,1H3,(H,16,19). The van der Waals surface area contributed by atoms with Crippen LogP contribution in [0.15, 0.2) is 36.4 Å². The molecular weight excluding hydrogens is 249 g/mol. The molecule has 0 spiro atoms. The summed E-state index contributed by atoms with van der Waals surface area (Å²) in [5.74, 6) is -1.71. The summed E-state index contributed by atoms with van der Waals surface area (Å²) in [5.41, 5.74) is 0.739. The van der Waals surface area contributed by atoms with Crippen LogP contribution in [0.2, 0.25) is 0 Å². The highest BCUT2D eigenvalue weighted by Gasteiger charge is 2.16.